The van der Waals surface area contributed by atoms with Gasteiger partial charge in [0, 0.05) is 12.5 Å². The zero-order valence-electron chi connectivity index (χ0n) is 7.86. The Kier molecular flexibility index (Phi) is 2.49. The zero-order chi connectivity index (χ0) is 9.26. The van der Waals surface area contributed by atoms with Crippen molar-refractivity contribution in [1.82, 2.24) is 9.55 Å². The fourth-order valence-electron chi connectivity index (χ4n) is 1.44. The normalized spacial score (nSPS) is 16.4. The van der Waals surface area contributed by atoms with Crippen LogP contribution in [0.4, 0.5) is 5.82 Å². The molecule has 1 heterocycles. The highest BCUT2D eigenvalue weighted by Gasteiger charge is 2.25. The molecule has 1 aliphatic carbocycles. The topological polar surface area (TPSA) is 43.8 Å². The summed E-state index contributed by atoms with van der Waals surface area (Å²) in [5, 5.41) is 0. The monoisotopic (exact) mass is 197 g/mol. The highest BCUT2D eigenvalue weighted by Crippen LogP contribution is 2.37. The number of nitrogen functional groups attached to an aromatic ring is 1. The first-order chi connectivity index (χ1) is 6.33. The minimum absolute atomic E-state index is 0.649. The Morgan fingerprint density at radius 3 is 3.08 bits per heavy atom. The number of hydrogen-bond acceptors (Lipinski definition) is 3. The summed E-state index contributed by atoms with van der Waals surface area (Å²) in [6.45, 7) is 0. The van der Waals surface area contributed by atoms with Crippen LogP contribution in [0, 0.1) is 0 Å². The van der Waals surface area contributed by atoms with Gasteiger partial charge in [-0.25, -0.2) is 4.98 Å². The van der Waals surface area contributed by atoms with E-state index in [0.717, 1.165) is 23.7 Å². The Balaban J connectivity index is 2.08. The minimum Gasteiger partial charge on any atom is -0.384 e. The summed E-state index contributed by atoms with van der Waals surface area (Å²) in [7, 11) is 0. The molecule has 4 heteroatoms. The first-order valence-electron chi connectivity index (χ1n) is 4.63. The van der Waals surface area contributed by atoms with Crippen molar-refractivity contribution in [2.75, 3.05) is 17.7 Å². The number of rotatable bonds is 4. The molecule has 0 amide bonds. The van der Waals surface area contributed by atoms with Gasteiger partial charge in [-0.1, -0.05) is 0 Å². The van der Waals surface area contributed by atoms with Crippen molar-refractivity contribution in [2.45, 2.75) is 25.3 Å². The first-order valence-corrected chi connectivity index (χ1v) is 6.02. The Morgan fingerprint density at radius 1 is 1.69 bits per heavy atom. The molecular formula is C9H15N3S. The summed E-state index contributed by atoms with van der Waals surface area (Å²) in [4.78, 5) is 4.34. The van der Waals surface area contributed by atoms with Gasteiger partial charge in [0.05, 0.1) is 12.0 Å². The van der Waals surface area contributed by atoms with Crippen LogP contribution in [0.3, 0.4) is 0 Å². The molecule has 0 atom stereocenters. The second-order valence-corrected chi connectivity index (χ2v) is 4.44. The fraction of sp³-hybridized carbons (Fsp3) is 0.667. The number of thioether (sulfide) groups is 1. The molecule has 1 aliphatic rings. The van der Waals surface area contributed by atoms with Crippen molar-refractivity contribution in [1.29, 1.82) is 0 Å². The smallest absolute Gasteiger partial charge is 0.126 e. The standard InChI is InChI=1S/C9H15N3S/c1-13-5-4-8-9(10)12(6-11-8)7-2-3-7/h6-7H,2-5,10H2,1H3. The van der Waals surface area contributed by atoms with E-state index in [1.165, 1.54) is 12.8 Å². The van der Waals surface area contributed by atoms with Crippen LogP contribution < -0.4 is 5.73 Å². The molecular weight excluding hydrogens is 182 g/mol. The van der Waals surface area contributed by atoms with Crippen molar-refractivity contribution in [3.8, 4) is 0 Å². The minimum atomic E-state index is 0.649. The van der Waals surface area contributed by atoms with Crippen molar-refractivity contribution in [2.24, 2.45) is 0 Å². The maximum Gasteiger partial charge on any atom is 0.126 e. The van der Waals surface area contributed by atoms with E-state index in [4.69, 9.17) is 5.73 Å². The number of nitrogens with zero attached hydrogens (tertiary/aromatic N) is 2. The van der Waals surface area contributed by atoms with E-state index in [1.54, 1.807) is 0 Å². The van der Waals surface area contributed by atoms with Crippen molar-refractivity contribution >= 4 is 17.6 Å². The molecule has 0 radical (unpaired) electrons. The van der Waals surface area contributed by atoms with E-state index < -0.39 is 0 Å². The van der Waals surface area contributed by atoms with E-state index in [0.29, 0.717) is 6.04 Å². The van der Waals surface area contributed by atoms with Crippen LogP contribution in [-0.4, -0.2) is 21.6 Å². The van der Waals surface area contributed by atoms with Gasteiger partial charge in [0.1, 0.15) is 5.82 Å². The second kappa shape index (κ2) is 3.62. The maximum absolute atomic E-state index is 5.98. The van der Waals surface area contributed by atoms with Crippen LogP contribution >= 0.6 is 11.8 Å². The van der Waals surface area contributed by atoms with Gasteiger partial charge >= 0.3 is 0 Å². The lowest BCUT2D eigenvalue weighted by Gasteiger charge is -2.02. The summed E-state index contributed by atoms with van der Waals surface area (Å²) in [5.41, 5.74) is 7.05. The number of anilines is 1. The van der Waals surface area contributed by atoms with Crippen molar-refractivity contribution in [3.05, 3.63) is 12.0 Å². The van der Waals surface area contributed by atoms with E-state index in [1.807, 2.05) is 18.1 Å². The molecule has 2 rings (SSSR count). The third-order valence-electron chi connectivity index (χ3n) is 2.40. The van der Waals surface area contributed by atoms with Crippen molar-refractivity contribution < 1.29 is 0 Å². The predicted octanol–water partition coefficient (Wildman–Crippen LogP) is 1.71. The number of aromatic nitrogens is 2. The average molecular weight is 197 g/mol. The SMILES string of the molecule is CSCCc1ncn(C2CC2)c1N. The molecule has 0 aromatic carbocycles. The molecule has 0 unspecified atom stereocenters. The van der Waals surface area contributed by atoms with E-state index >= 15 is 0 Å². The number of imidazole rings is 1. The molecule has 13 heavy (non-hydrogen) atoms. The van der Waals surface area contributed by atoms with Crippen LogP contribution in [0.2, 0.25) is 0 Å². The lowest BCUT2D eigenvalue weighted by atomic mass is 10.3. The van der Waals surface area contributed by atoms with Crippen LogP contribution in [0.15, 0.2) is 6.33 Å². The largest absolute Gasteiger partial charge is 0.384 e. The van der Waals surface area contributed by atoms with Gasteiger partial charge < -0.3 is 10.3 Å². The van der Waals surface area contributed by atoms with E-state index in [-0.39, 0.29) is 0 Å². The van der Waals surface area contributed by atoms with Gasteiger partial charge in [0.15, 0.2) is 0 Å². The quantitative estimate of drug-likeness (QED) is 0.799. The second-order valence-electron chi connectivity index (χ2n) is 3.46. The van der Waals surface area contributed by atoms with Crippen molar-refractivity contribution in [3.63, 3.8) is 0 Å². The summed E-state index contributed by atoms with van der Waals surface area (Å²) >= 11 is 1.83. The van der Waals surface area contributed by atoms with Crippen LogP contribution in [0.1, 0.15) is 24.6 Å². The highest BCUT2D eigenvalue weighted by atomic mass is 32.2. The van der Waals surface area contributed by atoms with Crippen LogP contribution in [0.5, 0.6) is 0 Å². The Hall–Kier alpha value is -0.640. The Morgan fingerprint density at radius 2 is 2.46 bits per heavy atom. The zero-order valence-corrected chi connectivity index (χ0v) is 8.68. The third kappa shape index (κ3) is 1.82. The molecule has 1 saturated carbocycles. The lowest BCUT2D eigenvalue weighted by molar-refractivity contribution is 0.750. The lowest BCUT2D eigenvalue weighted by Crippen LogP contribution is -2.01. The summed E-state index contributed by atoms with van der Waals surface area (Å²) < 4.78 is 2.12. The molecule has 72 valence electrons. The molecule has 0 saturated heterocycles. The third-order valence-corrected chi connectivity index (χ3v) is 3.01. The fourth-order valence-corrected chi connectivity index (χ4v) is 1.84. The van der Waals surface area contributed by atoms with Gasteiger partial charge in [-0.15, -0.1) is 0 Å². The summed E-state index contributed by atoms with van der Waals surface area (Å²) in [6.07, 6.45) is 7.52. The van der Waals surface area contributed by atoms with Crippen LogP contribution in [0.25, 0.3) is 0 Å². The van der Waals surface area contributed by atoms with Crippen LogP contribution in [-0.2, 0) is 6.42 Å². The maximum atomic E-state index is 5.98. The van der Waals surface area contributed by atoms with Gasteiger partial charge in [0.2, 0.25) is 0 Å². The molecule has 1 fully saturated rings. The van der Waals surface area contributed by atoms with Gasteiger partial charge in [-0.2, -0.15) is 11.8 Å². The number of hydrogen-bond donors (Lipinski definition) is 1. The van der Waals surface area contributed by atoms with Gasteiger partial charge in [0.25, 0.3) is 0 Å². The molecule has 1 aromatic rings. The predicted molar refractivity (Wildman–Crippen MR) is 57.0 cm³/mol. The average Bonchev–Trinajstić information content (AvgIpc) is 2.89. The Labute approximate surface area is 82.7 Å². The highest BCUT2D eigenvalue weighted by molar-refractivity contribution is 7.98. The molecule has 3 nitrogen and oxygen atoms in total. The molecule has 0 bridgehead atoms. The number of aryl methyl sites for hydroxylation is 1. The molecule has 0 aliphatic heterocycles. The van der Waals surface area contributed by atoms with Gasteiger partial charge in [-0.3, -0.25) is 0 Å². The molecule has 1 aromatic heterocycles. The first kappa shape index (κ1) is 8.94. The molecule has 0 spiro atoms. The summed E-state index contributed by atoms with van der Waals surface area (Å²) in [6, 6.07) is 0.649. The summed E-state index contributed by atoms with van der Waals surface area (Å²) in [5.74, 6) is 1.99. The molecule has 2 N–H and O–H groups in total. The van der Waals surface area contributed by atoms with Gasteiger partial charge in [-0.05, 0) is 24.9 Å². The Bertz CT molecular complexity index is 291. The van der Waals surface area contributed by atoms with E-state index in [2.05, 4.69) is 15.8 Å². The number of nitrogens with two attached hydrogens (primary N) is 1. The van der Waals surface area contributed by atoms with E-state index in [9.17, 15) is 0 Å².